The zero-order valence-electron chi connectivity index (χ0n) is 17.6. The minimum absolute atomic E-state index is 0.000457. The number of hydrogen-bond acceptors (Lipinski definition) is 7. The Bertz CT molecular complexity index is 1340. The lowest BCUT2D eigenvalue weighted by Gasteiger charge is -2.09. The van der Waals surface area contributed by atoms with Crippen molar-refractivity contribution in [1.29, 1.82) is 0 Å². The third-order valence-corrected chi connectivity index (χ3v) is 5.86. The van der Waals surface area contributed by atoms with Crippen LogP contribution in [0.1, 0.15) is 15.9 Å². The van der Waals surface area contributed by atoms with Crippen molar-refractivity contribution in [2.75, 3.05) is 16.6 Å². The van der Waals surface area contributed by atoms with Crippen LogP contribution in [-0.2, 0) is 19.6 Å². The van der Waals surface area contributed by atoms with Crippen molar-refractivity contribution in [2.45, 2.75) is 11.8 Å². The van der Waals surface area contributed by atoms with E-state index in [1.807, 2.05) is 6.92 Å². The van der Waals surface area contributed by atoms with Gasteiger partial charge in [-0.1, -0.05) is 17.7 Å². The highest BCUT2D eigenvalue weighted by atomic mass is 32.2. The number of nitro benzene ring substituents is 1. The molecule has 0 fully saturated rings. The van der Waals surface area contributed by atoms with Gasteiger partial charge >= 0.3 is 11.7 Å². The molecule has 0 aliphatic heterocycles. The molecular formula is C22H18FN3O7S. The summed E-state index contributed by atoms with van der Waals surface area (Å²) in [6, 6.07) is 14.4. The minimum Gasteiger partial charge on any atom is -0.452 e. The Kier molecular flexibility index (Phi) is 7.21. The van der Waals surface area contributed by atoms with Gasteiger partial charge in [0.1, 0.15) is 0 Å². The molecule has 34 heavy (non-hydrogen) atoms. The highest BCUT2D eigenvalue weighted by Crippen LogP contribution is 2.22. The summed E-state index contributed by atoms with van der Waals surface area (Å²) in [5, 5.41) is 13.0. The number of rotatable bonds is 8. The molecule has 0 spiro atoms. The summed E-state index contributed by atoms with van der Waals surface area (Å²) in [7, 11) is -3.88. The van der Waals surface area contributed by atoms with Gasteiger partial charge in [-0.15, -0.1) is 0 Å². The number of anilines is 2. The fourth-order valence-corrected chi connectivity index (χ4v) is 3.81. The maximum Gasteiger partial charge on any atom is 0.338 e. The lowest BCUT2D eigenvalue weighted by atomic mass is 10.2. The highest BCUT2D eigenvalue weighted by molar-refractivity contribution is 7.92. The van der Waals surface area contributed by atoms with Crippen LogP contribution in [0.4, 0.5) is 21.5 Å². The SMILES string of the molecule is Cc1ccc(NS(=O)(=O)c2ccc(C(=O)OCC(=O)Nc3ccc(F)c([N+](=O)[O-])c3)cc2)cc1. The molecule has 0 aliphatic rings. The molecule has 0 saturated carbocycles. The van der Waals surface area contributed by atoms with Crippen LogP contribution >= 0.6 is 0 Å². The van der Waals surface area contributed by atoms with E-state index >= 15 is 0 Å². The molecular weight excluding hydrogens is 469 g/mol. The third-order valence-electron chi connectivity index (χ3n) is 4.47. The molecule has 10 nitrogen and oxygen atoms in total. The van der Waals surface area contributed by atoms with E-state index in [1.54, 1.807) is 24.3 Å². The second-order valence-corrected chi connectivity index (χ2v) is 8.73. The summed E-state index contributed by atoms with van der Waals surface area (Å²) in [5.74, 6) is -2.76. The van der Waals surface area contributed by atoms with E-state index in [1.165, 1.54) is 24.3 Å². The van der Waals surface area contributed by atoms with Crippen LogP contribution in [-0.4, -0.2) is 31.8 Å². The van der Waals surface area contributed by atoms with Gasteiger partial charge < -0.3 is 10.1 Å². The molecule has 0 radical (unpaired) electrons. The maximum atomic E-state index is 13.4. The zero-order valence-corrected chi connectivity index (χ0v) is 18.5. The standard InChI is InChI=1S/C22H18FN3O7S/c1-14-2-6-16(7-3-14)25-34(31,32)18-9-4-15(5-10-18)22(28)33-13-21(27)24-17-8-11-19(23)20(12-17)26(29)30/h2-12,25H,13H2,1H3,(H,24,27). The van der Waals surface area contributed by atoms with Gasteiger partial charge in [-0.3, -0.25) is 19.6 Å². The number of benzene rings is 3. The third kappa shape index (κ3) is 6.13. The number of halogens is 1. The largest absolute Gasteiger partial charge is 0.452 e. The summed E-state index contributed by atoms with van der Waals surface area (Å²) in [6.07, 6.45) is 0. The summed E-state index contributed by atoms with van der Waals surface area (Å²) < 4.78 is 45.7. The van der Waals surface area contributed by atoms with Crippen LogP contribution < -0.4 is 10.0 Å². The second kappa shape index (κ2) is 10.1. The van der Waals surface area contributed by atoms with Crippen molar-refractivity contribution in [3.8, 4) is 0 Å². The Balaban J connectivity index is 1.58. The number of sulfonamides is 1. The molecule has 1 amide bonds. The molecule has 2 N–H and O–H groups in total. The van der Waals surface area contributed by atoms with Gasteiger partial charge in [0.25, 0.3) is 15.9 Å². The number of ether oxygens (including phenoxy) is 1. The number of carbonyl (C=O) groups is 2. The number of aryl methyl sites for hydroxylation is 1. The predicted octanol–water partition coefficient (Wildman–Crippen LogP) is 3.64. The van der Waals surface area contributed by atoms with E-state index in [0.29, 0.717) is 5.69 Å². The molecule has 0 heterocycles. The van der Waals surface area contributed by atoms with Crippen LogP contribution in [0, 0.1) is 22.9 Å². The Morgan fingerprint density at radius 3 is 2.24 bits per heavy atom. The van der Waals surface area contributed by atoms with E-state index in [-0.39, 0.29) is 16.1 Å². The number of nitro groups is 1. The summed E-state index contributed by atoms with van der Waals surface area (Å²) in [6.45, 7) is 1.15. The van der Waals surface area contributed by atoms with Crippen molar-refractivity contribution >= 4 is 39.0 Å². The van der Waals surface area contributed by atoms with Crippen LogP contribution in [0.15, 0.2) is 71.6 Å². The van der Waals surface area contributed by atoms with Gasteiger partial charge in [-0.25, -0.2) is 13.2 Å². The molecule has 0 aromatic heterocycles. The number of nitrogens with one attached hydrogen (secondary N) is 2. The van der Waals surface area contributed by atoms with Crippen LogP contribution in [0.25, 0.3) is 0 Å². The summed E-state index contributed by atoms with van der Waals surface area (Å²) in [4.78, 5) is 33.9. The average molecular weight is 487 g/mol. The van der Waals surface area contributed by atoms with Gasteiger partial charge in [-0.2, -0.15) is 4.39 Å². The first-order chi connectivity index (χ1) is 16.0. The predicted molar refractivity (Wildman–Crippen MR) is 120 cm³/mol. The molecule has 0 unspecified atom stereocenters. The van der Waals surface area contributed by atoms with Gasteiger partial charge in [0.2, 0.25) is 5.82 Å². The van der Waals surface area contributed by atoms with Crippen molar-refractivity contribution < 1.29 is 32.1 Å². The van der Waals surface area contributed by atoms with Gasteiger partial charge in [0.15, 0.2) is 6.61 Å². The Morgan fingerprint density at radius 2 is 1.62 bits per heavy atom. The summed E-state index contributed by atoms with van der Waals surface area (Å²) >= 11 is 0. The van der Waals surface area contributed by atoms with Gasteiger partial charge in [-0.05, 0) is 55.5 Å². The Hall–Kier alpha value is -4.32. The van der Waals surface area contributed by atoms with Crippen LogP contribution in [0.5, 0.6) is 0 Å². The first-order valence-corrected chi connectivity index (χ1v) is 11.1. The van der Waals surface area contributed by atoms with E-state index < -0.39 is 44.9 Å². The van der Waals surface area contributed by atoms with Gasteiger partial charge in [0.05, 0.1) is 15.4 Å². The van der Waals surface area contributed by atoms with Gasteiger partial charge in [0, 0.05) is 17.4 Å². The minimum atomic E-state index is -3.88. The van der Waals surface area contributed by atoms with Crippen molar-refractivity contribution in [1.82, 2.24) is 0 Å². The molecule has 0 aliphatic carbocycles. The monoisotopic (exact) mass is 487 g/mol. The number of amides is 1. The van der Waals surface area contributed by atoms with E-state index in [4.69, 9.17) is 4.74 Å². The number of carbonyl (C=O) groups excluding carboxylic acids is 2. The molecule has 3 rings (SSSR count). The molecule has 3 aromatic rings. The second-order valence-electron chi connectivity index (χ2n) is 7.04. The van der Waals surface area contributed by atoms with Crippen LogP contribution in [0.2, 0.25) is 0 Å². The molecule has 0 atom stereocenters. The quantitative estimate of drug-likeness (QED) is 0.280. The fourth-order valence-electron chi connectivity index (χ4n) is 2.75. The smallest absolute Gasteiger partial charge is 0.338 e. The maximum absolute atomic E-state index is 13.4. The van der Waals surface area contributed by atoms with Crippen molar-refractivity contribution in [3.63, 3.8) is 0 Å². The van der Waals surface area contributed by atoms with Crippen LogP contribution in [0.3, 0.4) is 0 Å². The Labute approximate surface area is 193 Å². The summed E-state index contributed by atoms with van der Waals surface area (Å²) in [5.41, 5.74) is 0.482. The molecule has 12 heteroatoms. The van der Waals surface area contributed by atoms with E-state index in [0.717, 1.165) is 23.8 Å². The lowest BCUT2D eigenvalue weighted by molar-refractivity contribution is -0.387. The fraction of sp³-hybridized carbons (Fsp3) is 0.0909. The molecule has 3 aromatic carbocycles. The topological polar surface area (TPSA) is 145 Å². The average Bonchev–Trinajstić information content (AvgIpc) is 2.80. The first kappa shape index (κ1) is 24.3. The number of hydrogen-bond donors (Lipinski definition) is 2. The zero-order chi connectivity index (χ0) is 24.9. The van der Waals surface area contributed by atoms with Crippen molar-refractivity contribution in [2.24, 2.45) is 0 Å². The van der Waals surface area contributed by atoms with E-state index in [2.05, 4.69) is 10.0 Å². The Morgan fingerprint density at radius 1 is 1.00 bits per heavy atom. The molecule has 0 saturated heterocycles. The van der Waals surface area contributed by atoms with Crippen molar-refractivity contribution in [3.05, 3.63) is 93.8 Å². The normalized spacial score (nSPS) is 10.9. The first-order valence-electron chi connectivity index (χ1n) is 9.65. The molecule has 0 bridgehead atoms. The van der Waals surface area contributed by atoms with E-state index in [9.17, 15) is 32.5 Å². The highest BCUT2D eigenvalue weighted by Gasteiger charge is 2.18. The number of esters is 1. The molecule has 176 valence electrons. The lowest BCUT2D eigenvalue weighted by Crippen LogP contribution is -2.21. The number of nitrogens with zero attached hydrogens (tertiary/aromatic N) is 1.